The van der Waals surface area contributed by atoms with Gasteiger partial charge in [0.2, 0.25) is 0 Å². The molecule has 1 aliphatic carbocycles. The van der Waals surface area contributed by atoms with Crippen molar-refractivity contribution in [3.63, 3.8) is 0 Å². The van der Waals surface area contributed by atoms with Gasteiger partial charge in [0, 0.05) is 32.6 Å². The summed E-state index contributed by atoms with van der Waals surface area (Å²) in [5, 5.41) is 3.52. The number of nitrogens with one attached hydrogen (secondary N) is 1. The van der Waals surface area contributed by atoms with Gasteiger partial charge in [0.15, 0.2) is 0 Å². The maximum atomic E-state index is 12.6. The van der Waals surface area contributed by atoms with Crippen LogP contribution in [0.5, 0.6) is 0 Å². The van der Waals surface area contributed by atoms with Crippen molar-refractivity contribution in [2.24, 2.45) is 11.8 Å². The molecule has 0 unspecified atom stereocenters. The second kappa shape index (κ2) is 7.09. The fourth-order valence-corrected chi connectivity index (χ4v) is 4.68. The molecule has 4 rings (SSSR count). The standard InChI is InChI=1S/C18H22N4O2S/c1-24-15-9-13-11-22(18(23)16-5-7-20-25-16)10-12(13)8-14(15)21-17-4-2-3-6-19-17/h2-7,12-15H,8-11H2,1H3,(H,19,21)/t12-,13+,14-,15-/m1/s1. The van der Waals surface area contributed by atoms with Crippen LogP contribution in [-0.2, 0) is 4.74 Å². The molecule has 0 aromatic carbocycles. The van der Waals surface area contributed by atoms with E-state index >= 15 is 0 Å². The molecule has 3 heterocycles. The minimum Gasteiger partial charge on any atom is -0.379 e. The summed E-state index contributed by atoms with van der Waals surface area (Å²) in [6.07, 6.45) is 5.58. The molecule has 1 amide bonds. The van der Waals surface area contributed by atoms with Crippen LogP contribution in [0.15, 0.2) is 36.7 Å². The molecule has 1 N–H and O–H groups in total. The fourth-order valence-electron chi connectivity index (χ4n) is 4.11. The number of methoxy groups -OCH3 is 1. The topological polar surface area (TPSA) is 67.3 Å². The monoisotopic (exact) mass is 358 g/mol. The van der Waals surface area contributed by atoms with Crippen molar-refractivity contribution in [2.75, 3.05) is 25.5 Å². The van der Waals surface area contributed by atoms with Crippen molar-refractivity contribution in [1.29, 1.82) is 0 Å². The molecular formula is C18H22N4O2S. The average molecular weight is 358 g/mol. The quantitative estimate of drug-likeness (QED) is 0.910. The van der Waals surface area contributed by atoms with E-state index in [2.05, 4.69) is 14.7 Å². The van der Waals surface area contributed by atoms with Crippen molar-refractivity contribution < 1.29 is 9.53 Å². The molecule has 0 bridgehead atoms. The van der Waals surface area contributed by atoms with E-state index in [1.807, 2.05) is 23.1 Å². The van der Waals surface area contributed by atoms with Crippen LogP contribution in [0.3, 0.4) is 0 Å². The molecule has 0 radical (unpaired) electrons. The summed E-state index contributed by atoms with van der Waals surface area (Å²) < 4.78 is 9.80. The van der Waals surface area contributed by atoms with Crippen molar-refractivity contribution >= 4 is 23.3 Å². The van der Waals surface area contributed by atoms with E-state index in [1.165, 1.54) is 11.5 Å². The van der Waals surface area contributed by atoms with Gasteiger partial charge in [-0.05, 0) is 54.4 Å². The van der Waals surface area contributed by atoms with Crippen LogP contribution < -0.4 is 5.32 Å². The minimum atomic E-state index is 0.111. The third-order valence-corrected chi connectivity index (χ3v) is 6.09. The molecule has 7 heteroatoms. The summed E-state index contributed by atoms with van der Waals surface area (Å²) in [6.45, 7) is 1.63. The van der Waals surface area contributed by atoms with Gasteiger partial charge in [-0.25, -0.2) is 9.36 Å². The van der Waals surface area contributed by atoms with E-state index in [-0.39, 0.29) is 18.1 Å². The molecule has 4 atom stereocenters. The zero-order valence-electron chi connectivity index (χ0n) is 14.2. The van der Waals surface area contributed by atoms with Gasteiger partial charge in [0.25, 0.3) is 5.91 Å². The normalized spacial score (nSPS) is 28.6. The summed E-state index contributed by atoms with van der Waals surface area (Å²) in [5.41, 5.74) is 0. The lowest BCUT2D eigenvalue weighted by atomic mass is 9.77. The number of amides is 1. The minimum absolute atomic E-state index is 0.111. The Morgan fingerprint density at radius 2 is 2.08 bits per heavy atom. The zero-order chi connectivity index (χ0) is 17.2. The van der Waals surface area contributed by atoms with Crippen LogP contribution in [0.4, 0.5) is 5.82 Å². The van der Waals surface area contributed by atoms with Gasteiger partial charge in [0.05, 0.1) is 12.1 Å². The number of aromatic nitrogens is 2. The second-order valence-electron chi connectivity index (χ2n) is 6.82. The van der Waals surface area contributed by atoms with E-state index in [1.54, 1.807) is 25.6 Å². The van der Waals surface area contributed by atoms with Crippen LogP contribution in [0.2, 0.25) is 0 Å². The van der Waals surface area contributed by atoms with Crippen LogP contribution in [0.1, 0.15) is 22.5 Å². The number of rotatable bonds is 4. The van der Waals surface area contributed by atoms with Crippen LogP contribution in [0.25, 0.3) is 0 Å². The molecule has 132 valence electrons. The number of ether oxygens (including phenoxy) is 1. The Kier molecular flexibility index (Phi) is 4.67. The molecule has 2 aromatic rings. The summed E-state index contributed by atoms with van der Waals surface area (Å²) in [5.74, 6) is 2.00. The first kappa shape index (κ1) is 16.5. The van der Waals surface area contributed by atoms with E-state index in [0.717, 1.165) is 36.6 Å². The molecule has 0 spiro atoms. The number of carbonyl (C=O) groups excluding carboxylic acids is 1. The molecule has 6 nitrogen and oxygen atoms in total. The Labute approximate surface area is 151 Å². The first-order valence-corrected chi connectivity index (χ1v) is 9.42. The van der Waals surface area contributed by atoms with E-state index in [0.29, 0.717) is 11.8 Å². The lowest BCUT2D eigenvalue weighted by molar-refractivity contribution is 0.0304. The van der Waals surface area contributed by atoms with Gasteiger partial charge in [-0.3, -0.25) is 4.79 Å². The number of fused-ring (bicyclic) bond motifs is 1. The largest absolute Gasteiger partial charge is 0.379 e. The summed E-state index contributed by atoms with van der Waals surface area (Å²) >= 11 is 1.27. The molecule has 1 saturated carbocycles. The maximum absolute atomic E-state index is 12.6. The molecule has 25 heavy (non-hydrogen) atoms. The van der Waals surface area contributed by atoms with Gasteiger partial charge < -0.3 is 15.0 Å². The summed E-state index contributed by atoms with van der Waals surface area (Å²) in [4.78, 5) is 19.7. The van der Waals surface area contributed by atoms with Gasteiger partial charge >= 0.3 is 0 Å². The van der Waals surface area contributed by atoms with Gasteiger partial charge in [0.1, 0.15) is 10.7 Å². The molecular weight excluding hydrogens is 336 g/mol. The molecule has 2 aromatic heterocycles. The number of hydrogen-bond donors (Lipinski definition) is 1. The van der Waals surface area contributed by atoms with Crippen molar-refractivity contribution in [1.82, 2.24) is 14.3 Å². The number of anilines is 1. The van der Waals surface area contributed by atoms with Crippen LogP contribution >= 0.6 is 11.5 Å². The van der Waals surface area contributed by atoms with Crippen LogP contribution in [-0.4, -0.2) is 52.5 Å². The van der Waals surface area contributed by atoms with Crippen molar-refractivity contribution in [3.8, 4) is 0 Å². The highest BCUT2D eigenvalue weighted by atomic mass is 32.1. The molecule has 1 aliphatic heterocycles. The van der Waals surface area contributed by atoms with E-state index in [9.17, 15) is 4.79 Å². The van der Waals surface area contributed by atoms with Gasteiger partial charge in [-0.15, -0.1) is 0 Å². The lowest BCUT2D eigenvalue weighted by Crippen LogP contribution is -2.44. The second-order valence-corrected chi connectivity index (χ2v) is 7.65. The molecule has 1 saturated heterocycles. The number of pyridine rings is 1. The van der Waals surface area contributed by atoms with Crippen LogP contribution in [0, 0.1) is 11.8 Å². The molecule has 2 fully saturated rings. The Balaban J connectivity index is 1.44. The SMILES string of the molecule is CO[C@@H]1C[C@H]2CN(C(=O)c3ccns3)C[C@H]2C[C@H]1Nc1ccccn1. The van der Waals surface area contributed by atoms with Gasteiger partial charge in [-0.1, -0.05) is 6.07 Å². The average Bonchev–Trinajstić information content (AvgIpc) is 3.31. The highest BCUT2D eigenvalue weighted by Crippen LogP contribution is 2.39. The predicted molar refractivity (Wildman–Crippen MR) is 96.7 cm³/mol. The highest BCUT2D eigenvalue weighted by molar-refractivity contribution is 7.08. The van der Waals surface area contributed by atoms with Crippen molar-refractivity contribution in [3.05, 3.63) is 41.5 Å². The first-order chi connectivity index (χ1) is 12.2. The number of likely N-dealkylation sites (tertiary alicyclic amines) is 1. The van der Waals surface area contributed by atoms with E-state index < -0.39 is 0 Å². The predicted octanol–water partition coefficient (Wildman–Crippen LogP) is 2.52. The van der Waals surface area contributed by atoms with E-state index in [4.69, 9.17) is 4.74 Å². The Bertz CT molecular complexity index is 709. The number of hydrogen-bond acceptors (Lipinski definition) is 6. The Hall–Kier alpha value is -1.99. The third-order valence-electron chi connectivity index (χ3n) is 5.35. The number of carbonyl (C=O) groups is 1. The maximum Gasteiger partial charge on any atom is 0.265 e. The highest BCUT2D eigenvalue weighted by Gasteiger charge is 2.44. The number of nitrogens with zero attached hydrogens (tertiary/aromatic N) is 3. The summed E-state index contributed by atoms with van der Waals surface area (Å²) in [6, 6.07) is 7.90. The smallest absolute Gasteiger partial charge is 0.265 e. The lowest BCUT2D eigenvalue weighted by Gasteiger charge is -2.37. The molecule has 2 aliphatic rings. The van der Waals surface area contributed by atoms with Gasteiger partial charge in [-0.2, -0.15) is 0 Å². The first-order valence-electron chi connectivity index (χ1n) is 8.65. The fraction of sp³-hybridized carbons (Fsp3) is 0.500. The Morgan fingerprint density at radius 1 is 1.24 bits per heavy atom. The van der Waals surface area contributed by atoms with Crippen molar-refractivity contribution in [2.45, 2.75) is 25.0 Å². The zero-order valence-corrected chi connectivity index (χ0v) is 15.0. The Morgan fingerprint density at radius 3 is 2.76 bits per heavy atom. The third kappa shape index (κ3) is 3.39. The summed E-state index contributed by atoms with van der Waals surface area (Å²) in [7, 11) is 1.77.